The van der Waals surface area contributed by atoms with Gasteiger partial charge in [0, 0.05) is 17.5 Å². The number of esters is 1. The van der Waals surface area contributed by atoms with Crippen LogP contribution in [-0.4, -0.2) is 19.0 Å². The van der Waals surface area contributed by atoms with Crippen molar-refractivity contribution < 1.29 is 14.3 Å². The predicted octanol–water partition coefficient (Wildman–Crippen LogP) is 1.95. The summed E-state index contributed by atoms with van der Waals surface area (Å²) in [7, 11) is 1.21. The van der Waals surface area contributed by atoms with E-state index in [4.69, 9.17) is 0 Å². The van der Waals surface area contributed by atoms with E-state index >= 15 is 0 Å². The van der Waals surface area contributed by atoms with Crippen LogP contribution in [0.1, 0.15) is 0 Å². The van der Waals surface area contributed by atoms with Crippen molar-refractivity contribution in [3.63, 3.8) is 0 Å². The number of fused-ring (bicyclic) bond motifs is 1. The molecule has 0 unspecified atom stereocenters. The molecule has 0 spiro atoms. The summed E-state index contributed by atoms with van der Waals surface area (Å²) in [6.07, 6.45) is 0. The Hall–Kier alpha value is -2.80. The fraction of sp³-hybridized carbons (Fsp3) is 0.0667. The minimum Gasteiger partial charge on any atom is -0.459 e. The third kappa shape index (κ3) is 3.33. The van der Waals surface area contributed by atoms with Crippen LogP contribution in [0.2, 0.25) is 0 Å². The first-order chi connectivity index (χ1) is 9.19. The maximum absolute atomic E-state index is 11.5. The molecule has 2 rings (SSSR count). The molecule has 0 bridgehead atoms. The van der Waals surface area contributed by atoms with E-state index in [-0.39, 0.29) is 0 Å². The fourth-order valence-electron chi connectivity index (χ4n) is 1.59. The highest BCUT2D eigenvalue weighted by molar-refractivity contribution is 6.08. The molecular formula is C15H11NO3. The molecule has 0 aliphatic carbocycles. The van der Waals surface area contributed by atoms with Crippen LogP contribution < -0.4 is 5.32 Å². The van der Waals surface area contributed by atoms with Crippen molar-refractivity contribution in [2.24, 2.45) is 0 Å². The first-order valence-corrected chi connectivity index (χ1v) is 5.59. The molecule has 2 aromatic carbocycles. The molecule has 94 valence electrons. The van der Waals surface area contributed by atoms with Gasteiger partial charge in [0.15, 0.2) is 0 Å². The van der Waals surface area contributed by atoms with E-state index < -0.39 is 11.9 Å². The molecule has 19 heavy (non-hydrogen) atoms. The summed E-state index contributed by atoms with van der Waals surface area (Å²) >= 11 is 0. The molecule has 4 heteroatoms. The van der Waals surface area contributed by atoms with Crippen LogP contribution >= 0.6 is 0 Å². The van der Waals surface area contributed by atoms with Gasteiger partial charge in [-0.05, 0) is 22.9 Å². The predicted molar refractivity (Wildman–Crippen MR) is 72.4 cm³/mol. The molecule has 0 aliphatic rings. The standard InChI is InChI=1S/C15H11NO3/c1-19-15(18)9-8-14(17)16-13-7-6-11-4-2-3-5-12(11)10-13/h2-7,10H,1H3,(H,16,17). The van der Waals surface area contributed by atoms with Crippen molar-refractivity contribution in [3.05, 3.63) is 42.5 Å². The van der Waals surface area contributed by atoms with Gasteiger partial charge in [0.05, 0.1) is 7.11 Å². The lowest BCUT2D eigenvalue weighted by Crippen LogP contribution is -2.09. The highest BCUT2D eigenvalue weighted by Crippen LogP contribution is 2.18. The molecule has 0 atom stereocenters. The first kappa shape index (κ1) is 12.7. The van der Waals surface area contributed by atoms with Crippen molar-refractivity contribution in [2.45, 2.75) is 0 Å². The van der Waals surface area contributed by atoms with Crippen molar-refractivity contribution in [1.29, 1.82) is 0 Å². The van der Waals surface area contributed by atoms with Gasteiger partial charge in [0.1, 0.15) is 0 Å². The van der Waals surface area contributed by atoms with Gasteiger partial charge in [-0.25, -0.2) is 4.79 Å². The summed E-state index contributed by atoms with van der Waals surface area (Å²) in [6, 6.07) is 13.3. The zero-order valence-electron chi connectivity index (χ0n) is 10.3. The second-order valence-corrected chi connectivity index (χ2v) is 3.76. The zero-order chi connectivity index (χ0) is 13.7. The van der Waals surface area contributed by atoms with E-state index in [9.17, 15) is 9.59 Å². The monoisotopic (exact) mass is 253 g/mol. The topological polar surface area (TPSA) is 55.4 Å². The summed E-state index contributed by atoms with van der Waals surface area (Å²) in [5, 5.41) is 4.69. The molecule has 0 aromatic heterocycles. The molecule has 4 nitrogen and oxygen atoms in total. The molecule has 1 N–H and O–H groups in total. The van der Waals surface area contributed by atoms with Crippen LogP contribution in [-0.2, 0) is 14.3 Å². The van der Waals surface area contributed by atoms with Crippen molar-refractivity contribution >= 4 is 28.3 Å². The Labute approximate surface area is 110 Å². The SMILES string of the molecule is COC(=O)C#CC(=O)Nc1ccc2ccccc2c1. The third-order valence-electron chi connectivity index (χ3n) is 2.47. The molecule has 0 aliphatic heterocycles. The Balaban J connectivity index is 2.14. The molecule has 0 saturated heterocycles. The number of carbonyl (C=O) groups excluding carboxylic acids is 2. The normalized spacial score (nSPS) is 9.32. The minimum atomic E-state index is -0.742. The van der Waals surface area contributed by atoms with Gasteiger partial charge in [-0.1, -0.05) is 30.3 Å². The molecule has 1 amide bonds. The fourth-order valence-corrected chi connectivity index (χ4v) is 1.59. The summed E-state index contributed by atoms with van der Waals surface area (Å²) in [5.41, 5.74) is 0.628. The van der Waals surface area contributed by atoms with Crippen LogP contribution in [0.15, 0.2) is 42.5 Å². The number of hydrogen-bond acceptors (Lipinski definition) is 3. The van der Waals surface area contributed by atoms with Gasteiger partial charge < -0.3 is 10.1 Å². The summed E-state index contributed by atoms with van der Waals surface area (Å²) in [6.45, 7) is 0. The van der Waals surface area contributed by atoms with E-state index in [1.165, 1.54) is 7.11 Å². The largest absolute Gasteiger partial charge is 0.459 e. The summed E-state index contributed by atoms with van der Waals surface area (Å²) < 4.78 is 4.32. The molecule has 0 radical (unpaired) electrons. The number of carbonyl (C=O) groups is 2. The molecule has 0 fully saturated rings. The quantitative estimate of drug-likeness (QED) is 0.480. The number of benzene rings is 2. The van der Waals surface area contributed by atoms with E-state index in [0.717, 1.165) is 10.8 Å². The third-order valence-corrected chi connectivity index (χ3v) is 2.47. The highest BCUT2D eigenvalue weighted by Gasteiger charge is 2.00. The maximum Gasteiger partial charge on any atom is 0.384 e. The van der Waals surface area contributed by atoms with Crippen LogP contribution in [0.5, 0.6) is 0 Å². The number of anilines is 1. The van der Waals surface area contributed by atoms with Gasteiger partial charge in [0.2, 0.25) is 0 Å². The van der Waals surface area contributed by atoms with Crippen LogP contribution in [0.4, 0.5) is 5.69 Å². The number of amides is 1. The van der Waals surface area contributed by atoms with Crippen LogP contribution in [0.25, 0.3) is 10.8 Å². The van der Waals surface area contributed by atoms with E-state index in [0.29, 0.717) is 5.69 Å². The van der Waals surface area contributed by atoms with Gasteiger partial charge >= 0.3 is 11.9 Å². The number of nitrogens with one attached hydrogen (secondary N) is 1. The van der Waals surface area contributed by atoms with E-state index in [2.05, 4.69) is 21.9 Å². The smallest absolute Gasteiger partial charge is 0.384 e. The second kappa shape index (κ2) is 5.69. The van der Waals surface area contributed by atoms with Crippen molar-refractivity contribution in [2.75, 3.05) is 12.4 Å². The lowest BCUT2D eigenvalue weighted by Gasteiger charge is -2.03. The van der Waals surface area contributed by atoms with Crippen molar-refractivity contribution in [3.8, 4) is 11.8 Å². The van der Waals surface area contributed by atoms with E-state index in [1.54, 1.807) is 6.07 Å². The van der Waals surface area contributed by atoms with Crippen LogP contribution in [0.3, 0.4) is 0 Å². The average Bonchev–Trinajstić information content (AvgIpc) is 2.44. The number of ether oxygens (including phenoxy) is 1. The summed E-state index contributed by atoms with van der Waals surface area (Å²) in [5.74, 6) is 2.92. The molecule has 0 saturated carbocycles. The lowest BCUT2D eigenvalue weighted by atomic mass is 10.1. The van der Waals surface area contributed by atoms with Crippen molar-refractivity contribution in [1.82, 2.24) is 0 Å². The molecule has 2 aromatic rings. The number of rotatable bonds is 1. The molecular weight excluding hydrogens is 242 g/mol. The number of methoxy groups -OCH3 is 1. The van der Waals surface area contributed by atoms with Gasteiger partial charge in [-0.3, -0.25) is 4.79 Å². The lowest BCUT2D eigenvalue weighted by molar-refractivity contribution is -0.133. The Morgan fingerprint density at radius 2 is 1.79 bits per heavy atom. The minimum absolute atomic E-state index is 0.555. The Kier molecular flexibility index (Phi) is 3.79. The Morgan fingerprint density at radius 3 is 2.53 bits per heavy atom. The second-order valence-electron chi connectivity index (χ2n) is 3.76. The van der Waals surface area contributed by atoms with Gasteiger partial charge in [0.25, 0.3) is 0 Å². The summed E-state index contributed by atoms with van der Waals surface area (Å²) in [4.78, 5) is 22.2. The van der Waals surface area contributed by atoms with E-state index in [1.807, 2.05) is 36.4 Å². The first-order valence-electron chi connectivity index (χ1n) is 5.59. The Morgan fingerprint density at radius 1 is 1.05 bits per heavy atom. The maximum atomic E-state index is 11.5. The number of hydrogen-bond donors (Lipinski definition) is 1. The average molecular weight is 253 g/mol. The Bertz CT molecular complexity index is 695. The molecule has 0 heterocycles. The van der Waals surface area contributed by atoms with Gasteiger partial charge in [-0.15, -0.1) is 0 Å². The van der Waals surface area contributed by atoms with Crippen LogP contribution in [0, 0.1) is 11.8 Å². The van der Waals surface area contributed by atoms with Gasteiger partial charge in [-0.2, -0.15) is 0 Å². The highest BCUT2D eigenvalue weighted by atomic mass is 16.5. The zero-order valence-corrected chi connectivity index (χ0v) is 10.3.